The molecule has 0 aliphatic carbocycles. The molecule has 1 atom stereocenters. The van der Waals surface area contributed by atoms with Crippen LogP contribution in [-0.2, 0) is 29.0 Å². The first-order chi connectivity index (χ1) is 15.2. The van der Waals surface area contributed by atoms with Gasteiger partial charge in [0.15, 0.2) is 11.5 Å². The first-order valence-corrected chi connectivity index (χ1v) is 11.2. The SMILES string of the molecule is COc1cc(CN(Cc2cccnc2)C(=O)Cc2ccsc2)ccc1OC1CCOC1. The summed E-state index contributed by atoms with van der Waals surface area (Å²) < 4.78 is 17.0. The molecule has 3 aromatic rings. The van der Waals surface area contributed by atoms with E-state index in [-0.39, 0.29) is 12.0 Å². The Morgan fingerprint density at radius 3 is 2.81 bits per heavy atom. The van der Waals surface area contributed by atoms with Gasteiger partial charge in [-0.15, -0.1) is 0 Å². The normalized spacial score (nSPS) is 15.6. The van der Waals surface area contributed by atoms with Gasteiger partial charge in [-0.1, -0.05) is 12.1 Å². The van der Waals surface area contributed by atoms with Crippen molar-refractivity contribution in [2.45, 2.75) is 32.0 Å². The van der Waals surface area contributed by atoms with Crippen molar-refractivity contribution in [1.82, 2.24) is 9.88 Å². The number of aromatic nitrogens is 1. The molecule has 0 spiro atoms. The Bertz CT molecular complexity index is 973. The molecule has 0 saturated carbocycles. The maximum atomic E-state index is 13.1. The number of ether oxygens (including phenoxy) is 3. The molecule has 7 heteroatoms. The van der Waals surface area contributed by atoms with Crippen molar-refractivity contribution in [3.8, 4) is 11.5 Å². The number of benzene rings is 1. The van der Waals surface area contributed by atoms with Gasteiger partial charge in [0, 0.05) is 31.9 Å². The van der Waals surface area contributed by atoms with Gasteiger partial charge in [-0.25, -0.2) is 0 Å². The average molecular weight is 439 g/mol. The second-order valence-corrected chi connectivity index (χ2v) is 8.29. The third-order valence-electron chi connectivity index (χ3n) is 5.17. The fraction of sp³-hybridized carbons (Fsp3) is 0.333. The summed E-state index contributed by atoms with van der Waals surface area (Å²) in [6, 6.07) is 11.7. The summed E-state index contributed by atoms with van der Waals surface area (Å²) in [4.78, 5) is 19.2. The predicted molar refractivity (Wildman–Crippen MR) is 119 cm³/mol. The number of rotatable bonds is 9. The van der Waals surface area contributed by atoms with Gasteiger partial charge >= 0.3 is 0 Å². The Balaban J connectivity index is 1.51. The zero-order valence-corrected chi connectivity index (χ0v) is 18.3. The van der Waals surface area contributed by atoms with E-state index in [1.807, 2.05) is 52.1 Å². The van der Waals surface area contributed by atoms with E-state index < -0.39 is 0 Å². The summed E-state index contributed by atoms with van der Waals surface area (Å²) in [5.74, 6) is 1.44. The molecule has 162 valence electrons. The number of nitrogens with zero attached hydrogens (tertiary/aromatic N) is 2. The molecule has 1 aliphatic heterocycles. The topological polar surface area (TPSA) is 60.9 Å². The van der Waals surface area contributed by atoms with E-state index in [1.165, 1.54) is 0 Å². The standard InChI is InChI=1S/C24H26N2O4S/c1-28-23-11-18(4-5-22(23)30-21-6-9-29-16-21)14-26(15-20-3-2-8-25-13-20)24(27)12-19-7-10-31-17-19/h2-5,7-8,10-11,13,17,21H,6,9,12,14-16H2,1H3. The number of hydrogen-bond acceptors (Lipinski definition) is 6. The maximum Gasteiger partial charge on any atom is 0.227 e. The van der Waals surface area contributed by atoms with Crippen LogP contribution in [0.2, 0.25) is 0 Å². The molecule has 1 aromatic carbocycles. The molecule has 1 unspecified atom stereocenters. The minimum absolute atomic E-state index is 0.0500. The molecule has 0 radical (unpaired) electrons. The van der Waals surface area contributed by atoms with Crippen molar-refractivity contribution in [2.24, 2.45) is 0 Å². The van der Waals surface area contributed by atoms with E-state index in [0.717, 1.165) is 29.7 Å². The molecule has 1 aliphatic rings. The quantitative estimate of drug-likeness (QED) is 0.504. The molecule has 1 saturated heterocycles. The zero-order valence-electron chi connectivity index (χ0n) is 17.5. The van der Waals surface area contributed by atoms with Gasteiger partial charge in [-0.2, -0.15) is 11.3 Å². The lowest BCUT2D eigenvalue weighted by Gasteiger charge is -2.24. The average Bonchev–Trinajstić information content (AvgIpc) is 3.49. The van der Waals surface area contributed by atoms with Crippen LogP contribution in [0.3, 0.4) is 0 Å². The van der Waals surface area contributed by atoms with Crippen LogP contribution in [0.4, 0.5) is 0 Å². The summed E-state index contributed by atoms with van der Waals surface area (Å²) >= 11 is 1.60. The third kappa shape index (κ3) is 5.83. The molecule has 3 heterocycles. The fourth-order valence-corrected chi connectivity index (χ4v) is 4.21. The number of methoxy groups -OCH3 is 1. The van der Waals surface area contributed by atoms with Crippen molar-refractivity contribution < 1.29 is 19.0 Å². The number of carbonyl (C=O) groups is 1. The van der Waals surface area contributed by atoms with Crippen LogP contribution in [0.15, 0.2) is 59.6 Å². The maximum absolute atomic E-state index is 13.1. The van der Waals surface area contributed by atoms with Crippen LogP contribution in [0.25, 0.3) is 0 Å². The second kappa shape index (κ2) is 10.4. The van der Waals surface area contributed by atoms with Gasteiger partial charge in [0.25, 0.3) is 0 Å². The van der Waals surface area contributed by atoms with Gasteiger partial charge in [0.05, 0.1) is 26.7 Å². The molecule has 1 amide bonds. The summed E-state index contributed by atoms with van der Waals surface area (Å²) in [6.07, 6.45) is 4.84. The molecule has 4 rings (SSSR count). The lowest BCUT2D eigenvalue weighted by Crippen LogP contribution is -2.31. The first kappa shape index (κ1) is 21.3. The predicted octanol–water partition coefficient (Wildman–Crippen LogP) is 4.09. The van der Waals surface area contributed by atoms with Crippen LogP contribution in [0.5, 0.6) is 11.5 Å². The van der Waals surface area contributed by atoms with Crippen molar-refractivity contribution in [3.05, 3.63) is 76.2 Å². The highest BCUT2D eigenvalue weighted by Crippen LogP contribution is 2.31. The van der Waals surface area contributed by atoms with E-state index in [9.17, 15) is 4.79 Å². The highest BCUT2D eigenvalue weighted by Gasteiger charge is 2.20. The molecule has 1 fully saturated rings. The lowest BCUT2D eigenvalue weighted by atomic mass is 10.1. The Morgan fingerprint density at radius 1 is 1.19 bits per heavy atom. The van der Waals surface area contributed by atoms with Crippen molar-refractivity contribution in [3.63, 3.8) is 0 Å². The minimum atomic E-state index is 0.0500. The lowest BCUT2D eigenvalue weighted by molar-refractivity contribution is -0.131. The number of pyridine rings is 1. The molecule has 0 bridgehead atoms. The molecule has 2 aromatic heterocycles. The third-order valence-corrected chi connectivity index (χ3v) is 5.90. The Hall–Kier alpha value is -2.90. The Labute approximate surface area is 186 Å². The van der Waals surface area contributed by atoms with Crippen molar-refractivity contribution >= 4 is 17.2 Å². The highest BCUT2D eigenvalue weighted by molar-refractivity contribution is 7.08. The number of thiophene rings is 1. The summed E-state index contributed by atoms with van der Waals surface area (Å²) in [5.41, 5.74) is 3.01. The number of amides is 1. The molecule has 31 heavy (non-hydrogen) atoms. The smallest absolute Gasteiger partial charge is 0.227 e. The fourth-order valence-electron chi connectivity index (χ4n) is 3.54. The molecule has 6 nitrogen and oxygen atoms in total. The van der Waals surface area contributed by atoms with Crippen LogP contribution in [0, 0.1) is 0 Å². The molecular weight excluding hydrogens is 412 g/mol. The first-order valence-electron chi connectivity index (χ1n) is 10.3. The van der Waals surface area contributed by atoms with E-state index in [1.54, 1.807) is 30.8 Å². The van der Waals surface area contributed by atoms with Gasteiger partial charge in [-0.05, 0) is 51.7 Å². The van der Waals surface area contributed by atoms with Crippen molar-refractivity contribution in [2.75, 3.05) is 20.3 Å². The van der Waals surface area contributed by atoms with Gasteiger partial charge in [-0.3, -0.25) is 9.78 Å². The van der Waals surface area contributed by atoms with Crippen LogP contribution >= 0.6 is 11.3 Å². The van der Waals surface area contributed by atoms with Crippen LogP contribution in [0.1, 0.15) is 23.1 Å². The van der Waals surface area contributed by atoms with Crippen LogP contribution < -0.4 is 9.47 Å². The zero-order chi connectivity index (χ0) is 21.5. The molecular formula is C24H26N2O4S. The van der Waals surface area contributed by atoms with Gasteiger partial charge < -0.3 is 19.1 Å². The van der Waals surface area contributed by atoms with E-state index in [4.69, 9.17) is 14.2 Å². The van der Waals surface area contributed by atoms with E-state index >= 15 is 0 Å². The highest BCUT2D eigenvalue weighted by atomic mass is 32.1. The van der Waals surface area contributed by atoms with Gasteiger partial charge in [0.1, 0.15) is 6.10 Å². The number of carbonyl (C=O) groups excluding carboxylic acids is 1. The summed E-state index contributed by atoms with van der Waals surface area (Å²) in [6.45, 7) is 2.29. The minimum Gasteiger partial charge on any atom is -0.493 e. The largest absolute Gasteiger partial charge is 0.493 e. The van der Waals surface area contributed by atoms with Crippen LogP contribution in [-0.4, -0.2) is 42.2 Å². The monoisotopic (exact) mass is 438 g/mol. The summed E-state index contributed by atoms with van der Waals surface area (Å²) in [5, 5.41) is 4.01. The van der Waals surface area contributed by atoms with E-state index in [2.05, 4.69) is 4.98 Å². The molecule has 0 N–H and O–H groups in total. The Kier molecular flexibility index (Phi) is 7.17. The number of hydrogen-bond donors (Lipinski definition) is 0. The van der Waals surface area contributed by atoms with Gasteiger partial charge in [0.2, 0.25) is 5.91 Å². The second-order valence-electron chi connectivity index (χ2n) is 7.51. The summed E-state index contributed by atoms with van der Waals surface area (Å²) in [7, 11) is 1.63. The Morgan fingerprint density at radius 2 is 2.10 bits per heavy atom. The van der Waals surface area contributed by atoms with Crippen molar-refractivity contribution in [1.29, 1.82) is 0 Å². The van der Waals surface area contributed by atoms with E-state index in [0.29, 0.717) is 37.6 Å².